The van der Waals surface area contributed by atoms with Crippen molar-refractivity contribution in [2.24, 2.45) is 11.8 Å². The molecular formula is C23H28O7. The minimum absolute atomic E-state index is 0.118. The first kappa shape index (κ1) is 20.5. The summed E-state index contributed by atoms with van der Waals surface area (Å²) in [6.45, 7) is 4.59. The Bertz CT molecular complexity index is 901. The van der Waals surface area contributed by atoms with Crippen LogP contribution in [-0.2, 0) is 4.74 Å². The molecule has 4 atom stereocenters. The molecule has 0 bridgehead atoms. The highest BCUT2D eigenvalue weighted by molar-refractivity contribution is 5.56. The molecule has 0 aliphatic carbocycles. The smallest absolute Gasteiger partial charge is 0.231 e. The van der Waals surface area contributed by atoms with Crippen LogP contribution in [0.2, 0.25) is 0 Å². The van der Waals surface area contributed by atoms with E-state index >= 15 is 0 Å². The Morgan fingerprint density at radius 1 is 0.700 bits per heavy atom. The van der Waals surface area contributed by atoms with E-state index in [1.54, 1.807) is 28.4 Å². The summed E-state index contributed by atoms with van der Waals surface area (Å²) in [5, 5.41) is 0. The molecule has 0 amide bonds. The standard InChI is InChI=1S/C23H28O7/c1-12-13(2)21(15-9-18(26-5)23-19(10-15)28-11-29-23)30-20(12)14-7-16(24-3)22(27-6)17(8-14)25-4/h7-10,12-13,20-21H,11H2,1-6H3/t12-,13-,20+,21-/m0/s1. The van der Waals surface area contributed by atoms with E-state index in [-0.39, 0.29) is 30.8 Å². The molecule has 30 heavy (non-hydrogen) atoms. The lowest BCUT2D eigenvalue weighted by Crippen LogP contribution is -2.10. The third kappa shape index (κ3) is 3.27. The monoisotopic (exact) mass is 416 g/mol. The molecule has 1 saturated heterocycles. The molecule has 4 rings (SSSR count). The molecule has 0 aromatic heterocycles. The van der Waals surface area contributed by atoms with Gasteiger partial charge in [0.2, 0.25) is 18.3 Å². The number of rotatable bonds is 6. The summed E-state index contributed by atoms with van der Waals surface area (Å²) in [5.41, 5.74) is 1.99. The molecule has 0 radical (unpaired) electrons. The van der Waals surface area contributed by atoms with Gasteiger partial charge in [-0.05, 0) is 47.2 Å². The van der Waals surface area contributed by atoms with Crippen LogP contribution < -0.4 is 28.4 Å². The first-order chi connectivity index (χ1) is 14.5. The predicted octanol–water partition coefficient (Wildman–Crippen LogP) is 4.53. The zero-order valence-electron chi connectivity index (χ0n) is 18.2. The molecule has 1 fully saturated rings. The van der Waals surface area contributed by atoms with Gasteiger partial charge in [-0.25, -0.2) is 0 Å². The molecule has 2 aliphatic rings. The topological polar surface area (TPSA) is 64.6 Å². The predicted molar refractivity (Wildman–Crippen MR) is 110 cm³/mol. The lowest BCUT2D eigenvalue weighted by atomic mass is 9.85. The summed E-state index contributed by atoms with van der Waals surface area (Å²) in [4.78, 5) is 0. The number of hydrogen-bond donors (Lipinski definition) is 0. The molecule has 162 valence electrons. The number of fused-ring (bicyclic) bond motifs is 1. The SMILES string of the molecule is COc1cc([C@@H]2O[C@H](c3cc(OC)c4c(c3)OCO4)[C@@H](C)[C@@H]2C)cc(OC)c1OC. The van der Waals surface area contributed by atoms with Crippen molar-refractivity contribution in [3.05, 3.63) is 35.4 Å². The normalized spacial score (nSPS) is 24.6. The van der Waals surface area contributed by atoms with Gasteiger partial charge < -0.3 is 33.2 Å². The van der Waals surface area contributed by atoms with Crippen molar-refractivity contribution in [1.82, 2.24) is 0 Å². The molecule has 0 unspecified atom stereocenters. The fraction of sp³-hybridized carbons (Fsp3) is 0.478. The molecule has 2 aliphatic heterocycles. The fourth-order valence-electron chi connectivity index (χ4n) is 4.30. The second-order valence-electron chi connectivity index (χ2n) is 7.61. The van der Waals surface area contributed by atoms with Crippen LogP contribution in [0.5, 0.6) is 34.5 Å². The fourth-order valence-corrected chi connectivity index (χ4v) is 4.30. The minimum Gasteiger partial charge on any atom is -0.493 e. The van der Waals surface area contributed by atoms with Crippen molar-refractivity contribution in [1.29, 1.82) is 0 Å². The Balaban J connectivity index is 1.69. The van der Waals surface area contributed by atoms with Crippen LogP contribution in [0.15, 0.2) is 24.3 Å². The number of methoxy groups -OCH3 is 4. The van der Waals surface area contributed by atoms with Crippen molar-refractivity contribution in [3.63, 3.8) is 0 Å². The summed E-state index contributed by atoms with van der Waals surface area (Å²) < 4.78 is 39.7. The van der Waals surface area contributed by atoms with Gasteiger partial charge in [0, 0.05) is 0 Å². The van der Waals surface area contributed by atoms with Crippen LogP contribution >= 0.6 is 0 Å². The van der Waals surface area contributed by atoms with E-state index in [9.17, 15) is 0 Å². The first-order valence-electron chi connectivity index (χ1n) is 9.95. The Morgan fingerprint density at radius 2 is 1.23 bits per heavy atom. The lowest BCUT2D eigenvalue weighted by molar-refractivity contribution is 0.0286. The van der Waals surface area contributed by atoms with E-state index < -0.39 is 0 Å². The molecule has 2 heterocycles. The highest BCUT2D eigenvalue weighted by Crippen LogP contribution is 2.53. The first-order valence-corrected chi connectivity index (χ1v) is 9.95. The average molecular weight is 416 g/mol. The molecule has 7 heteroatoms. The molecule has 2 aromatic rings. The molecule has 7 nitrogen and oxygen atoms in total. The lowest BCUT2D eigenvalue weighted by Gasteiger charge is -2.20. The Morgan fingerprint density at radius 3 is 1.77 bits per heavy atom. The summed E-state index contributed by atoms with van der Waals surface area (Å²) >= 11 is 0. The number of ether oxygens (including phenoxy) is 7. The molecule has 0 spiro atoms. The quantitative estimate of drug-likeness (QED) is 0.685. The van der Waals surface area contributed by atoms with Gasteiger partial charge in [0.15, 0.2) is 23.0 Å². The second-order valence-corrected chi connectivity index (χ2v) is 7.61. The Labute approximate surface area is 176 Å². The van der Waals surface area contributed by atoms with Gasteiger partial charge in [0.05, 0.1) is 40.6 Å². The van der Waals surface area contributed by atoms with Crippen molar-refractivity contribution in [3.8, 4) is 34.5 Å². The molecule has 0 N–H and O–H groups in total. The average Bonchev–Trinajstić information content (AvgIpc) is 3.36. The molecule has 0 saturated carbocycles. The van der Waals surface area contributed by atoms with E-state index in [2.05, 4.69) is 13.8 Å². The van der Waals surface area contributed by atoms with Gasteiger partial charge in [0.25, 0.3) is 0 Å². The minimum atomic E-state index is -0.130. The highest BCUT2D eigenvalue weighted by atomic mass is 16.7. The van der Waals surface area contributed by atoms with E-state index in [4.69, 9.17) is 33.2 Å². The van der Waals surface area contributed by atoms with Gasteiger partial charge in [-0.3, -0.25) is 0 Å². The third-order valence-corrected chi connectivity index (χ3v) is 6.10. The Hall–Kier alpha value is -2.80. The Kier molecular flexibility index (Phi) is 5.56. The van der Waals surface area contributed by atoms with Crippen molar-refractivity contribution >= 4 is 0 Å². The second kappa shape index (κ2) is 8.14. The molecule has 2 aromatic carbocycles. The maximum absolute atomic E-state index is 6.59. The zero-order chi connectivity index (χ0) is 21.4. The van der Waals surface area contributed by atoms with E-state index in [1.165, 1.54) is 0 Å². The van der Waals surface area contributed by atoms with Crippen LogP contribution in [0.4, 0.5) is 0 Å². The number of hydrogen-bond acceptors (Lipinski definition) is 7. The van der Waals surface area contributed by atoms with Crippen LogP contribution in [0.3, 0.4) is 0 Å². The van der Waals surface area contributed by atoms with Crippen molar-refractivity contribution < 1.29 is 33.2 Å². The molecular weight excluding hydrogens is 388 g/mol. The van der Waals surface area contributed by atoms with Crippen LogP contribution in [0.25, 0.3) is 0 Å². The van der Waals surface area contributed by atoms with Gasteiger partial charge in [-0.15, -0.1) is 0 Å². The van der Waals surface area contributed by atoms with Gasteiger partial charge in [-0.2, -0.15) is 0 Å². The summed E-state index contributed by atoms with van der Waals surface area (Å²) in [5.74, 6) is 4.30. The largest absolute Gasteiger partial charge is 0.493 e. The zero-order valence-corrected chi connectivity index (χ0v) is 18.2. The van der Waals surface area contributed by atoms with Crippen molar-refractivity contribution in [2.45, 2.75) is 26.1 Å². The highest BCUT2D eigenvalue weighted by Gasteiger charge is 2.42. The van der Waals surface area contributed by atoms with Gasteiger partial charge >= 0.3 is 0 Å². The summed E-state index contributed by atoms with van der Waals surface area (Å²) in [7, 11) is 6.45. The maximum Gasteiger partial charge on any atom is 0.231 e. The van der Waals surface area contributed by atoms with Crippen LogP contribution in [-0.4, -0.2) is 35.2 Å². The van der Waals surface area contributed by atoms with Gasteiger partial charge in [-0.1, -0.05) is 13.8 Å². The third-order valence-electron chi connectivity index (χ3n) is 6.10. The van der Waals surface area contributed by atoms with E-state index in [0.29, 0.717) is 34.5 Å². The van der Waals surface area contributed by atoms with Crippen LogP contribution in [0.1, 0.15) is 37.2 Å². The maximum atomic E-state index is 6.59. The van der Waals surface area contributed by atoms with Gasteiger partial charge in [0.1, 0.15) is 0 Å². The van der Waals surface area contributed by atoms with E-state index in [0.717, 1.165) is 11.1 Å². The number of benzene rings is 2. The van der Waals surface area contributed by atoms with E-state index in [1.807, 2.05) is 24.3 Å². The summed E-state index contributed by atoms with van der Waals surface area (Å²) in [6.07, 6.45) is -0.248. The van der Waals surface area contributed by atoms with Crippen LogP contribution in [0, 0.1) is 11.8 Å². The van der Waals surface area contributed by atoms with Crippen molar-refractivity contribution in [2.75, 3.05) is 35.2 Å². The summed E-state index contributed by atoms with van der Waals surface area (Å²) in [6, 6.07) is 7.87.